The first kappa shape index (κ1) is 27.3. The number of hydrogen-bond acceptors (Lipinski definition) is 4. The number of halogens is 1. The molecule has 0 spiro atoms. The van der Waals surface area contributed by atoms with E-state index in [-0.39, 0.29) is 40.9 Å². The van der Waals surface area contributed by atoms with Gasteiger partial charge in [-0.2, -0.15) is 0 Å². The van der Waals surface area contributed by atoms with Crippen molar-refractivity contribution in [1.82, 2.24) is 0 Å². The minimum atomic E-state index is -0.497. The third-order valence-electron chi connectivity index (χ3n) is 9.86. The second-order valence-corrected chi connectivity index (χ2v) is 10.7. The van der Waals surface area contributed by atoms with Gasteiger partial charge in [0, 0.05) is 5.92 Å². The summed E-state index contributed by atoms with van der Waals surface area (Å²) in [6.07, 6.45) is 6.98. The van der Waals surface area contributed by atoms with Crippen molar-refractivity contribution >= 4 is 11.7 Å². The van der Waals surface area contributed by atoms with E-state index in [0.29, 0.717) is 12.6 Å². The highest BCUT2D eigenvalue weighted by molar-refractivity contribution is 5.76. The largest absolute Gasteiger partial charge is 1.00 e. The molecule has 0 radical (unpaired) electrons. The fourth-order valence-electron chi connectivity index (χ4n) is 6.93. The molecule has 0 bridgehead atoms. The minimum absolute atomic E-state index is 0. The lowest BCUT2D eigenvalue weighted by Crippen LogP contribution is -3.00. The molecule has 4 atom stereocenters. The summed E-state index contributed by atoms with van der Waals surface area (Å²) in [7, 11) is 1.73. The number of allylic oxidation sites excluding steroid dienone is 2. The molecule has 0 aromatic heterocycles. The van der Waals surface area contributed by atoms with Crippen LogP contribution in [-0.2, 0) is 15.9 Å². The number of methoxy groups -OCH3 is 1. The summed E-state index contributed by atoms with van der Waals surface area (Å²) in [6.45, 7) is 14.5. The van der Waals surface area contributed by atoms with Crippen molar-refractivity contribution in [3.05, 3.63) is 35.4 Å². The lowest BCUT2D eigenvalue weighted by Gasteiger charge is -2.55. The first-order valence-electron chi connectivity index (χ1n) is 12.8. The van der Waals surface area contributed by atoms with Crippen LogP contribution < -0.4 is 28.7 Å². The summed E-state index contributed by atoms with van der Waals surface area (Å²) in [5, 5.41) is 0. The van der Waals surface area contributed by atoms with Crippen molar-refractivity contribution in [2.24, 2.45) is 16.7 Å². The fourth-order valence-corrected chi connectivity index (χ4v) is 6.93. The minimum Gasteiger partial charge on any atom is -1.00 e. The van der Waals surface area contributed by atoms with E-state index in [1.54, 1.807) is 7.11 Å². The summed E-state index contributed by atoms with van der Waals surface area (Å²) in [4.78, 5) is 12.7. The van der Waals surface area contributed by atoms with Gasteiger partial charge in [0.05, 0.1) is 26.7 Å². The van der Waals surface area contributed by atoms with Gasteiger partial charge in [0.15, 0.2) is 0 Å². The van der Waals surface area contributed by atoms with E-state index < -0.39 is 6.16 Å². The van der Waals surface area contributed by atoms with Crippen molar-refractivity contribution in [3.8, 4) is 5.75 Å². The predicted octanol–water partition coefficient (Wildman–Crippen LogP) is 3.21. The SMILES string of the molecule is CC[N+](CC)(CC)COC(=O)O[C@@H]1CC[C@@]2(C)[C@@H]1CC=C1c3ccc(OC)cc3CC[C@@]12C.[I-]. The molecule has 4 rings (SSSR count). The maximum atomic E-state index is 12.7. The number of nitrogens with zero attached hydrogens (tertiary/aromatic N) is 1. The van der Waals surface area contributed by atoms with E-state index in [1.165, 1.54) is 16.7 Å². The molecular formula is C28H42INO4. The molecule has 1 fully saturated rings. The number of benzene rings is 1. The third kappa shape index (κ3) is 4.38. The fraction of sp³-hybridized carbons (Fsp3) is 0.679. The second kappa shape index (κ2) is 10.4. The normalized spacial score (nSPS) is 29.6. The highest BCUT2D eigenvalue weighted by Crippen LogP contribution is 2.67. The predicted molar refractivity (Wildman–Crippen MR) is 131 cm³/mol. The molecular weight excluding hydrogens is 541 g/mol. The van der Waals surface area contributed by atoms with Crippen LogP contribution in [0.3, 0.4) is 0 Å². The van der Waals surface area contributed by atoms with Crippen LogP contribution in [0.25, 0.3) is 5.57 Å². The van der Waals surface area contributed by atoms with E-state index in [9.17, 15) is 4.79 Å². The van der Waals surface area contributed by atoms with Crippen LogP contribution in [0, 0.1) is 16.7 Å². The zero-order valence-corrected chi connectivity index (χ0v) is 23.9. The quantitative estimate of drug-likeness (QED) is 0.214. The van der Waals surface area contributed by atoms with Gasteiger partial charge in [-0.05, 0) is 92.5 Å². The van der Waals surface area contributed by atoms with Gasteiger partial charge in [-0.15, -0.1) is 0 Å². The molecule has 0 saturated heterocycles. The van der Waals surface area contributed by atoms with Gasteiger partial charge in [0.2, 0.25) is 6.73 Å². The lowest BCUT2D eigenvalue weighted by atomic mass is 9.49. The molecule has 34 heavy (non-hydrogen) atoms. The van der Waals surface area contributed by atoms with Gasteiger partial charge in [0.1, 0.15) is 11.9 Å². The molecule has 3 aliphatic rings. The van der Waals surface area contributed by atoms with Crippen LogP contribution in [0.4, 0.5) is 4.79 Å². The standard InChI is InChI=1S/C28H42NO4.HI/c1-7-29(8-2,9-3)19-32-26(30)33-25-15-17-28(5)24(25)13-12-23-22-11-10-21(31-6)18-20(22)14-16-27(23,28)4;/h10-12,18,24-25H,7-9,13-17,19H2,1-6H3;1H/q+1;/p-1/t24-,25-,27+,28+;/m1./s1. The van der Waals surface area contributed by atoms with Gasteiger partial charge in [0.25, 0.3) is 0 Å². The van der Waals surface area contributed by atoms with E-state index in [4.69, 9.17) is 14.2 Å². The Morgan fingerprint density at radius 3 is 2.47 bits per heavy atom. The van der Waals surface area contributed by atoms with Gasteiger partial charge >= 0.3 is 6.16 Å². The summed E-state index contributed by atoms with van der Waals surface area (Å²) in [5.41, 5.74) is 4.43. The lowest BCUT2D eigenvalue weighted by molar-refractivity contribution is -0.939. The van der Waals surface area contributed by atoms with Gasteiger partial charge in [-0.1, -0.05) is 26.0 Å². The summed E-state index contributed by atoms with van der Waals surface area (Å²) in [6, 6.07) is 6.52. The van der Waals surface area contributed by atoms with Crippen molar-refractivity contribution in [1.29, 1.82) is 0 Å². The van der Waals surface area contributed by atoms with Crippen LogP contribution in [0.5, 0.6) is 5.75 Å². The first-order chi connectivity index (χ1) is 15.8. The Kier molecular flexibility index (Phi) is 8.33. The number of fused-ring (bicyclic) bond motifs is 5. The molecule has 3 aliphatic carbocycles. The van der Waals surface area contributed by atoms with E-state index in [2.05, 4.69) is 58.9 Å². The maximum absolute atomic E-state index is 12.7. The van der Waals surface area contributed by atoms with Gasteiger partial charge in [-0.3, -0.25) is 4.48 Å². The topological polar surface area (TPSA) is 44.8 Å². The number of ether oxygens (including phenoxy) is 3. The summed E-state index contributed by atoms with van der Waals surface area (Å²) < 4.78 is 17.9. The molecule has 1 aromatic carbocycles. The highest BCUT2D eigenvalue weighted by atomic mass is 127. The van der Waals surface area contributed by atoms with Crippen LogP contribution >= 0.6 is 0 Å². The third-order valence-corrected chi connectivity index (χ3v) is 9.86. The first-order valence-corrected chi connectivity index (χ1v) is 12.8. The smallest absolute Gasteiger partial charge is 0.512 e. The molecule has 0 aliphatic heterocycles. The molecule has 0 N–H and O–H groups in total. The second-order valence-electron chi connectivity index (χ2n) is 10.7. The van der Waals surface area contributed by atoms with E-state index in [0.717, 1.165) is 62.0 Å². The van der Waals surface area contributed by atoms with Crippen LogP contribution in [0.15, 0.2) is 24.3 Å². The number of rotatable bonds is 7. The van der Waals surface area contributed by atoms with Crippen LogP contribution in [0.1, 0.15) is 71.4 Å². The molecule has 190 valence electrons. The maximum Gasteiger partial charge on any atom is 0.512 e. The Bertz CT molecular complexity index is 919. The van der Waals surface area contributed by atoms with Crippen LogP contribution in [-0.4, -0.2) is 50.2 Å². The molecule has 0 unspecified atom stereocenters. The molecule has 1 saturated carbocycles. The molecule has 0 heterocycles. The zero-order chi connectivity index (χ0) is 23.9. The number of carbonyl (C=O) groups is 1. The molecule has 6 heteroatoms. The van der Waals surface area contributed by atoms with Crippen LogP contribution in [0.2, 0.25) is 0 Å². The Balaban J connectivity index is 0.00000324. The van der Waals surface area contributed by atoms with Gasteiger partial charge < -0.3 is 38.2 Å². The van der Waals surface area contributed by atoms with E-state index >= 15 is 0 Å². The average molecular weight is 584 g/mol. The zero-order valence-electron chi connectivity index (χ0n) is 21.8. The van der Waals surface area contributed by atoms with E-state index in [1.807, 2.05) is 0 Å². The summed E-state index contributed by atoms with van der Waals surface area (Å²) in [5.74, 6) is 1.27. The Hall–Kier alpha value is -1.28. The van der Waals surface area contributed by atoms with Crippen molar-refractivity contribution in [2.45, 2.75) is 72.8 Å². The molecule has 5 nitrogen and oxygen atoms in total. The Morgan fingerprint density at radius 1 is 1.12 bits per heavy atom. The van der Waals surface area contributed by atoms with Crippen molar-refractivity contribution in [2.75, 3.05) is 33.5 Å². The Morgan fingerprint density at radius 2 is 1.82 bits per heavy atom. The van der Waals surface area contributed by atoms with Crippen molar-refractivity contribution < 1.29 is 47.5 Å². The number of quaternary nitrogens is 1. The number of carbonyl (C=O) groups excluding carboxylic acids is 1. The highest BCUT2D eigenvalue weighted by Gasteiger charge is 2.60. The monoisotopic (exact) mass is 583 g/mol. The summed E-state index contributed by atoms with van der Waals surface area (Å²) >= 11 is 0. The Labute approximate surface area is 222 Å². The van der Waals surface area contributed by atoms with Gasteiger partial charge in [-0.25, -0.2) is 4.79 Å². The molecule has 1 aromatic rings. The number of hydrogen-bond donors (Lipinski definition) is 0. The number of aryl methyl sites for hydroxylation is 1. The average Bonchev–Trinajstić information content (AvgIpc) is 3.16. The molecule has 0 amide bonds. The van der Waals surface area contributed by atoms with Crippen molar-refractivity contribution in [3.63, 3.8) is 0 Å².